The highest BCUT2D eigenvalue weighted by atomic mass is 16.6. The fourth-order valence-corrected chi connectivity index (χ4v) is 2.98. The van der Waals surface area contributed by atoms with Crippen LogP contribution >= 0.6 is 0 Å². The van der Waals surface area contributed by atoms with Crippen molar-refractivity contribution in [2.75, 3.05) is 13.1 Å². The van der Waals surface area contributed by atoms with E-state index in [-0.39, 0.29) is 31.8 Å². The van der Waals surface area contributed by atoms with Gasteiger partial charge in [-0.2, -0.15) is 0 Å². The van der Waals surface area contributed by atoms with E-state index < -0.39 is 41.0 Å². The third-order valence-corrected chi connectivity index (χ3v) is 4.37. The number of hydrogen-bond donors (Lipinski definition) is 3. The van der Waals surface area contributed by atoms with Crippen LogP contribution in [0.4, 0.5) is 15.3 Å². The molecule has 0 saturated carbocycles. The quantitative estimate of drug-likeness (QED) is 0.459. The van der Waals surface area contributed by atoms with Crippen LogP contribution in [0.2, 0.25) is 0 Å². The van der Waals surface area contributed by atoms with Crippen LogP contribution in [0.25, 0.3) is 0 Å². The molecule has 166 valence electrons. The van der Waals surface area contributed by atoms with Crippen LogP contribution in [0.3, 0.4) is 0 Å². The lowest BCUT2D eigenvalue weighted by atomic mass is 10.1. The van der Waals surface area contributed by atoms with Crippen LogP contribution < -0.4 is 5.32 Å². The lowest BCUT2D eigenvalue weighted by molar-refractivity contribution is -0.384. The molecule has 1 aromatic rings. The van der Waals surface area contributed by atoms with Crippen LogP contribution in [-0.4, -0.2) is 69.2 Å². The van der Waals surface area contributed by atoms with Crippen molar-refractivity contribution in [1.29, 1.82) is 0 Å². The van der Waals surface area contributed by atoms with Gasteiger partial charge >= 0.3 is 12.2 Å². The number of carbonyl (C=O) groups is 2. The van der Waals surface area contributed by atoms with E-state index in [0.29, 0.717) is 5.56 Å². The Balaban J connectivity index is 1.82. The largest absolute Gasteiger partial charge is 0.445 e. The number of β-amino-alcohol motifs (C(OH)–C–C–N with tert-alkyl or cyclic N) is 1. The number of benzene rings is 1. The maximum atomic E-state index is 12.3. The Morgan fingerprint density at radius 2 is 1.97 bits per heavy atom. The van der Waals surface area contributed by atoms with Gasteiger partial charge in [-0.15, -0.1) is 0 Å². The molecule has 1 aliphatic heterocycles. The molecule has 0 bridgehead atoms. The zero-order valence-corrected chi connectivity index (χ0v) is 17.1. The second-order valence-corrected chi connectivity index (χ2v) is 8.04. The van der Waals surface area contributed by atoms with Crippen molar-refractivity contribution in [3.8, 4) is 0 Å². The Hall–Kier alpha value is -2.92. The van der Waals surface area contributed by atoms with Crippen molar-refractivity contribution >= 4 is 17.9 Å². The van der Waals surface area contributed by atoms with Gasteiger partial charge in [0.2, 0.25) is 0 Å². The van der Waals surface area contributed by atoms with Crippen molar-refractivity contribution < 1.29 is 34.2 Å². The molecule has 0 radical (unpaired) electrons. The molecule has 1 aromatic carbocycles. The molecular weight excluding hydrogens is 398 g/mol. The predicted octanol–water partition coefficient (Wildman–Crippen LogP) is 1.55. The Bertz CT molecular complexity index is 762. The van der Waals surface area contributed by atoms with Gasteiger partial charge in [-0.25, -0.2) is 9.59 Å². The second-order valence-electron chi connectivity index (χ2n) is 8.04. The van der Waals surface area contributed by atoms with Gasteiger partial charge in [0.1, 0.15) is 12.2 Å². The summed E-state index contributed by atoms with van der Waals surface area (Å²) in [7, 11) is 0. The summed E-state index contributed by atoms with van der Waals surface area (Å²) in [6.45, 7) is 4.87. The number of alkyl carbamates (subject to hydrolysis) is 1. The molecule has 3 atom stereocenters. The summed E-state index contributed by atoms with van der Waals surface area (Å²) < 4.78 is 10.3. The number of nitro benzene ring substituents is 1. The fraction of sp³-hybridized carbons (Fsp3) is 0.579. The number of hydrogen-bond acceptors (Lipinski definition) is 8. The number of rotatable bonds is 6. The Labute approximate surface area is 173 Å². The van der Waals surface area contributed by atoms with Gasteiger partial charge in [0.15, 0.2) is 0 Å². The number of non-ortho nitro benzene ring substituents is 1. The molecule has 1 fully saturated rings. The van der Waals surface area contributed by atoms with E-state index in [2.05, 4.69) is 5.32 Å². The number of aliphatic hydroxyl groups is 2. The highest BCUT2D eigenvalue weighted by molar-refractivity contribution is 5.69. The van der Waals surface area contributed by atoms with E-state index >= 15 is 0 Å². The lowest BCUT2D eigenvalue weighted by Crippen LogP contribution is -2.48. The summed E-state index contributed by atoms with van der Waals surface area (Å²) in [5.41, 5.74) is -0.231. The Morgan fingerprint density at radius 3 is 2.53 bits per heavy atom. The molecule has 2 rings (SSSR count). The summed E-state index contributed by atoms with van der Waals surface area (Å²) in [6, 6.07) is 4.83. The van der Waals surface area contributed by atoms with Gasteiger partial charge in [0.25, 0.3) is 5.69 Å². The van der Waals surface area contributed by atoms with E-state index in [9.17, 15) is 29.9 Å². The van der Waals surface area contributed by atoms with Crippen LogP contribution in [0.5, 0.6) is 0 Å². The third-order valence-electron chi connectivity index (χ3n) is 4.37. The summed E-state index contributed by atoms with van der Waals surface area (Å²) in [5.74, 6) is 0. The van der Waals surface area contributed by atoms with Crippen LogP contribution in [-0.2, 0) is 16.1 Å². The van der Waals surface area contributed by atoms with Gasteiger partial charge in [-0.1, -0.05) is 0 Å². The minimum absolute atomic E-state index is 0.0290. The molecule has 11 heteroatoms. The van der Waals surface area contributed by atoms with Crippen molar-refractivity contribution in [3.63, 3.8) is 0 Å². The van der Waals surface area contributed by atoms with Crippen LogP contribution in [0.1, 0.15) is 32.8 Å². The number of nitro groups is 1. The van der Waals surface area contributed by atoms with Crippen molar-refractivity contribution in [2.45, 2.75) is 57.6 Å². The van der Waals surface area contributed by atoms with Gasteiger partial charge < -0.3 is 25.0 Å². The first-order valence-electron chi connectivity index (χ1n) is 9.46. The van der Waals surface area contributed by atoms with E-state index in [1.807, 2.05) is 0 Å². The monoisotopic (exact) mass is 425 g/mol. The van der Waals surface area contributed by atoms with E-state index in [0.717, 1.165) is 0 Å². The molecule has 2 amide bonds. The average molecular weight is 425 g/mol. The smallest absolute Gasteiger partial charge is 0.410 e. The first-order chi connectivity index (χ1) is 14.0. The first-order valence-corrected chi connectivity index (χ1v) is 9.46. The van der Waals surface area contributed by atoms with Gasteiger partial charge in [-0.05, 0) is 44.9 Å². The molecular formula is C19H27N3O8. The van der Waals surface area contributed by atoms with E-state index in [1.165, 1.54) is 29.2 Å². The minimum Gasteiger partial charge on any atom is -0.445 e. The number of ether oxygens (including phenoxy) is 2. The number of likely N-dealkylation sites (tertiary alicyclic amines) is 1. The predicted molar refractivity (Wildman–Crippen MR) is 105 cm³/mol. The molecule has 0 aromatic heterocycles. The van der Waals surface area contributed by atoms with Gasteiger partial charge in [0, 0.05) is 18.7 Å². The summed E-state index contributed by atoms with van der Waals surface area (Å²) in [6.07, 6.45) is -3.23. The third kappa shape index (κ3) is 6.85. The molecule has 30 heavy (non-hydrogen) atoms. The maximum Gasteiger partial charge on any atom is 0.410 e. The van der Waals surface area contributed by atoms with Crippen LogP contribution in [0, 0.1) is 10.1 Å². The molecule has 11 nitrogen and oxygen atoms in total. The highest BCUT2D eigenvalue weighted by Gasteiger charge is 2.40. The Morgan fingerprint density at radius 1 is 1.33 bits per heavy atom. The van der Waals surface area contributed by atoms with Crippen molar-refractivity contribution in [2.24, 2.45) is 0 Å². The molecule has 1 heterocycles. The van der Waals surface area contributed by atoms with Crippen molar-refractivity contribution in [1.82, 2.24) is 10.2 Å². The molecule has 1 saturated heterocycles. The molecule has 0 spiro atoms. The summed E-state index contributed by atoms with van der Waals surface area (Å²) in [4.78, 5) is 35.5. The lowest BCUT2D eigenvalue weighted by Gasteiger charge is -2.30. The zero-order chi connectivity index (χ0) is 22.5. The number of amides is 2. The summed E-state index contributed by atoms with van der Waals surface area (Å²) in [5, 5.41) is 33.3. The van der Waals surface area contributed by atoms with Gasteiger partial charge in [-0.3, -0.25) is 15.0 Å². The highest BCUT2D eigenvalue weighted by Crippen LogP contribution is 2.23. The number of aliphatic hydroxyl groups excluding tert-OH is 2. The van der Waals surface area contributed by atoms with Crippen LogP contribution in [0.15, 0.2) is 24.3 Å². The van der Waals surface area contributed by atoms with E-state index in [1.54, 1.807) is 20.8 Å². The fourth-order valence-electron chi connectivity index (χ4n) is 2.98. The second kappa shape index (κ2) is 9.72. The average Bonchev–Trinajstić information content (AvgIpc) is 3.05. The number of nitrogens with zero attached hydrogens (tertiary/aromatic N) is 2. The van der Waals surface area contributed by atoms with Crippen molar-refractivity contribution in [3.05, 3.63) is 39.9 Å². The van der Waals surface area contributed by atoms with E-state index in [4.69, 9.17) is 9.47 Å². The number of carbonyl (C=O) groups excluding carboxylic acids is 2. The molecule has 0 unspecified atom stereocenters. The number of nitrogens with one attached hydrogen (secondary N) is 1. The minimum atomic E-state index is -1.14. The van der Waals surface area contributed by atoms with Gasteiger partial charge in [0.05, 0.1) is 29.7 Å². The molecule has 0 aliphatic carbocycles. The maximum absolute atomic E-state index is 12.3. The molecule has 3 N–H and O–H groups in total. The Kier molecular flexibility index (Phi) is 7.57. The SMILES string of the molecule is CC(C)(C)OC(=O)N1C[C@H](O)C[C@H]1[C@@H](O)CNC(=O)OCc1ccc([N+](=O)[O-])cc1. The first kappa shape index (κ1) is 23.4. The normalized spacial score (nSPS) is 19.8. The topological polar surface area (TPSA) is 151 Å². The summed E-state index contributed by atoms with van der Waals surface area (Å²) >= 11 is 0. The standard InChI is InChI=1S/C19H27N3O8/c1-19(2,3)30-18(26)21-10-14(23)8-15(21)16(24)9-20-17(25)29-11-12-4-6-13(7-5-12)22(27)28/h4-7,14-16,23-24H,8-11H2,1-3H3,(H,20,25)/t14-,15+,16+/m1/s1. The zero-order valence-electron chi connectivity index (χ0n) is 17.1. The molecule has 1 aliphatic rings.